The van der Waals surface area contributed by atoms with Crippen LogP contribution in [0.3, 0.4) is 0 Å². The summed E-state index contributed by atoms with van der Waals surface area (Å²) in [5, 5.41) is 4.67. The Morgan fingerprint density at radius 2 is 1.88 bits per heavy atom. The molecule has 0 saturated carbocycles. The number of nitrogens with one attached hydrogen (secondary N) is 2. The molecule has 2 aliphatic rings. The van der Waals surface area contributed by atoms with Crippen LogP contribution in [0.1, 0.15) is 78.2 Å². The Labute approximate surface area is 237 Å². The molecule has 0 spiro atoms. The molecule has 2 aliphatic heterocycles. The number of rotatable bonds is 8. The lowest BCUT2D eigenvalue weighted by atomic mass is 10.1. The number of anilines is 1. The number of nitrogens with zero attached hydrogens (tertiary/aromatic N) is 3. The largest absolute Gasteiger partial charge is 0.408 e. The second-order valence-corrected chi connectivity index (χ2v) is 13.5. The topological polar surface area (TPSA) is 121 Å². The summed E-state index contributed by atoms with van der Waals surface area (Å²) < 4.78 is 91.8. The van der Waals surface area contributed by atoms with Gasteiger partial charge in [0.15, 0.2) is 5.01 Å². The minimum absolute atomic E-state index is 0.0531. The minimum Gasteiger partial charge on any atom is -0.359 e. The van der Waals surface area contributed by atoms with Crippen LogP contribution in [-0.2, 0) is 9.84 Å². The number of carbonyl (C=O) groups excluding carboxylic acids is 2. The van der Waals surface area contributed by atoms with Gasteiger partial charge in [0.25, 0.3) is 18.2 Å². The predicted octanol–water partition coefficient (Wildman–Crippen LogP) is 4.83. The molecule has 2 atom stereocenters. The SMILES string of the molecule is CC[C@H](Nc1cc(C(F)F)c(-c2sc(C(=O)NC3CCS(=O)(=O)CC3)nc2C(=O)N2CCC[C@@H]2C)cn1)C(F)(F)F. The Hall–Kier alpha value is -2.88. The summed E-state index contributed by atoms with van der Waals surface area (Å²) in [5.74, 6) is -1.84. The summed E-state index contributed by atoms with van der Waals surface area (Å²) in [4.78, 5) is 36.2. The molecule has 0 bridgehead atoms. The van der Waals surface area contributed by atoms with Crippen LogP contribution in [0.25, 0.3) is 10.4 Å². The van der Waals surface area contributed by atoms with E-state index in [1.54, 1.807) is 0 Å². The lowest BCUT2D eigenvalue weighted by Crippen LogP contribution is -2.40. The monoisotopic (exact) mass is 623 g/mol. The molecule has 0 radical (unpaired) electrons. The van der Waals surface area contributed by atoms with E-state index < -0.39 is 57.7 Å². The highest BCUT2D eigenvalue weighted by Gasteiger charge is 2.39. The minimum atomic E-state index is -4.63. The maximum absolute atomic E-state index is 14.3. The summed E-state index contributed by atoms with van der Waals surface area (Å²) in [5.41, 5.74) is -1.12. The average molecular weight is 624 g/mol. The first-order valence-corrected chi connectivity index (χ1v) is 15.8. The Balaban J connectivity index is 1.72. The smallest absolute Gasteiger partial charge is 0.359 e. The zero-order valence-electron chi connectivity index (χ0n) is 22.3. The molecule has 0 aliphatic carbocycles. The van der Waals surface area contributed by atoms with E-state index in [1.807, 2.05) is 6.92 Å². The molecule has 2 aromatic heterocycles. The molecule has 0 unspecified atom stereocenters. The highest BCUT2D eigenvalue weighted by Crippen LogP contribution is 2.39. The van der Waals surface area contributed by atoms with Crippen molar-refractivity contribution in [2.24, 2.45) is 0 Å². The molecule has 2 saturated heterocycles. The zero-order valence-corrected chi connectivity index (χ0v) is 23.9. The van der Waals surface area contributed by atoms with Crippen molar-refractivity contribution < 1.29 is 40.0 Å². The molecule has 2 fully saturated rings. The zero-order chi connectivity index (χ0) is 30.1. The van der Waals surface area contributed by atoms with Gasteiger partial charge in [-0.15, -0.1) is 11.3 Å². The second kappa shape index (κ2) is 12.2. The first-order chi connectivity index (χ1) is 19.2. The molecule has 4 rings (SSSR count). The van der Waals surface area contributed by atoms with Gasteiger partial charge in [-0.05, 0) is 45.1 Å². The van der Waals surface area contributed by atoms with Crippen LogP contribution >= 0.6 is 11.3 Å². The summed E-state index contributed by atoms with van der Waals surface area (Å²) >= 11 is 0.695. The van der Waals surface area contributed by atoms with Crippen molar-refractivity contribution in [3.05, 3.63) is 28.5 Å². The van der Waals surface area contributed by atoms with Crippen molar-refractivity contribution in [1.29, 1.82) is 0 Å². The van der Waals surface area contributed by atoms with Gasteiger partial charge in [-0.2, -0.15) is 13.2 Å². The molecule has 2 aromatic rings. The molecule has 16 heteroatoms. The maximum Gasteiger partial charge on any atom is 0.408 e. The number of aromatic nitrogens is 2. The van der Waals surface area contributed by atoms with Crippen LogP contribution in [0.15, 0.2) is 12.3 Å². The lowest BCUT2D eigenvalue weighted by molar-refractivity contribution is -0.142. The third kappa shape index (κ3) is 7.13. The van der Waals surface area contributed by atoms with E-state index >= 15 is 0 Å². The van der Waals surface area contributed by atoms with Crippen molar-refractivity contribution in [1.82, 2.24) is 20.2 Å². The van der Waals surface area contributed by atoms with E-state index in [4.69, 9.17) is 0 Å². The first kappa shape index (κ1) is 31.1. The number of sulfone groups is 1. The van der Waals surface area contributed by atoms with Gasteiger partial charge in [-0.3, -0.25) is 9.59 Å². The van der Waals surface area contributed by atoms with Crippen LogP contribution in [0, 0.1) is 0 Å². The van der Waals surface area contributed by atoms with Gasteiger partial charge >= 0.3 is 6.18 Å². The molecule has 2 amide bonds. The Bertz CT molecular complexity index is 1390. The highest BCUT2D eigenvalue weighted by atomic mass is 32.2. The number of thiazole rings is 1. The summed E-state index contributed by atoms with van der Waals surface area (Å²) in [6.07, 6.45) is -5.31. The van der Waals surface area contributed by atoms with Crippen LogP contribution in [0.5, 0.6) is 0 Å². The van der Waals surface area contributed by atoms with Crippen LogP contribution in [0.4, 0.5) is 27.8 Å². The number of pyridine rings is 1. The fraction of sp³-hybridized carbons (Fsp3) is 0.600. The number of hydrogen-bond donors (Lipinski definition) is 2. The Kier molecular flexibility index (Phi) is 9.21. The highest BCUT2D eigenvalue weighted by molar-refractivity contribution is 7.91. The standard InChI is InChI=1S/C25H30F5N5O4S2/c1-3-17(25(28,29)30)33-18-11-15(21(26)27)16(12-31-18)20-19(24(37)35-8-4-5-13(35)2)34-23(40-20)22(36)32-14-6-9-41(38,39)10-7-14/h11-14,17,21H,3-10H2,1-2H3,(H,31,33)(H,32,36)/t13-,17-/m0/s1. The van der Waals surface area contributed by atoms with E-state index in [9.17, 15) is 40.0 Å². The number of carbonyl (C=O) groups is 2. The van der Waals surface area contributed by atoms with E-state index in [0.717, 1.165) is 25.1 Å². The second-order valence-electron chi connectivity index (χ2n) is 10.2. The number of halogens is 5. The molecule has 4 heterocycles. The van der Waals surface area contributed by atoms with Crippen LogP contribution < -0.4 is 10.6 Å². The van der Waals surface area contributed by atoms with Gasteiger partial charge in [0.2, 0.25) is 0 Å². The van der Waals surface area contributed by atoms with Crippen molar-refractivity contribution in [3.8, 4) is 10.4 Å². The molecule has 2 N–H and O–H groups in total. The summed E-state index contributed by atoms with van der Waals surface area (Å²) in [6.45, 7) is 3.54. The summed E-state index contributed by atoms with van der Waals surface area (Å²) in [6, 6.07) is -1.79. The van der Waals surface area contributed by atoms with Gasteiger partial charge in [-0.1, -0.05) is 6.92 Å². The van der Waals surface area contributed by atoms with Gasteiger partial charge in [-0.25, -0.2) is 27.2 Å². The number of likely N-dealkylation sites (tertiary alicyclic amines) is 1. The molecular weight excluding hydrogens is 593 g/mol. The molecule has 226 valence electrons. The van der Waals surface area contributed by atoms with Crippen LogP contribution in [0.2, 0.25) is 0 Å². The molecule has 9 nitrogen and oxygen atoms in total. The summed E-state index contributed by atoms with van der Waals surface area (Å²) in [7, 11) is -3.17. The van der Waals surface area contributed by atoms with Gasteiger partial charge in [0.05, 0.1) is 16.4 Å². The van der Waals surface area contributed by atoms with Crippen LogP contribution in [-0.4, -0.2) is 77.5 Å². The predicted molar refractivity (Wildman–Crippen MR) is 143 cm³/mol. The maximum atomic E-state index is 14.3. The van der Waals surface area contributed by atoms with Gasteiger partial charge < -0.3 is 15.5 Å². The van der Waals surface area contributed by atoms with E-state index in [2.05, 4.69) is 20.6 Å². The number of alkyl halides is 5. The lowest BCUT2D eigenvalue weighted by Gasteiger charge is -2.22. The third-order valence-corrected chi connectivity index (χ3v) is 10.1. The normalized spacial score (nSPS) is 20.3. The van der Waals surface area contributed by atoms with Crippen molar-refractivity contribution >= 4 is 38.8 Å². The Morgan fingerprint density at radius 1 is 1.20 bits per heavy atom. The van der Waals surface area contributed by atoms with Crippen molar-refractivity contribution in [2.75, 3.05) is 23.4 Å². The molecule has 41 heavy (non-hydrogen) atoms. The fourth-order valence-electron chi connectivity index (χ4n) is 4.91. The first-order valence-electron chi connectivity index (χ1n) is 13.1. The average Bonchev–Trinajstić information content (AvgIpc) is 3.54. The fourth-order valence-corrected chi connectivity index (χ4v) is 7.39. The van der Waals surface area contributed by atoms with Gasteiger partial charge in [0, 0.05) is 36.0 Å². The number of amides is 2. The van der Waals surface area contributed by atoms with Crippen molar-refractivity contribution in [2.45, 2.75) is 76.7 Å². The quantitative estimate of drug-likeness (QED) is 0.404. The van der Waals surface area contributed by atoms with Gasteiger partial charge in [0.1, 0.15) is 27.4 Å². The Morgan fingerprint density at radius 3 is 2.44 bits per heavy atom. The number of hydrogen-bond acceptors (Lipinski definition) is 8. The van der Waals surface area contributed by atoms with E-state index in [-0.39, 0.29) is 58.0 Å². The third-order valence-electron chi connectivity index (χ3n) is 7.27. The molecule has 0 aromatic carbocycles. The van der Waals surface area contributed by atoms with E-state index in [1.165, 1.54) is 11.8 Å². The molecular formula is C25H30F5N5O4S2. The van der Waals surface area contributed by atoms with Crippen molar-refractivity contribution in [3.63, 3.8) is 0 Å². The van der Waals surface area contributed by atoms with E-state index in [0.29, 0.717) is 17.9 Å².